The number of aromatic nitrogens is 2. The number of nitrogens with zero attached hydrogens (tertiary/aromatic N) is 3. The minimum absolute atomic E-state index is 0.318. The third-order valence-corrected chi connectivity index (χ3v) is 4.89. The molecule has 2 amide bonds. The molecule has 29 heavy (non-hydrogen) atoms. The van der Waals surface area contributed by atoms with Crippen LogP contribution in [0.15, 0.2) is 53.1 Å². The zero-order valence-electron chi connectivity index (χ0n) is 16.0. The number of piperidine rings is 1. The van der Waals surface area contributed by atoms with Crippen molar-refractivity contribution in [1.29, 1.82) is 0 Å². The zero-order chi connectivity index (χ0) is 20.2. The number of methoxy groups -OCH3 is 1. The predicted molar refractivity (Wildman–Crippen MR) is 105 cm³/mol. The molecule has 2 aromatic carbocycles. The molecule has 1 atom stereocenters. The Hall–Kier alpha value is -3.42. The maximum atomic E-state index is 13.4. The van der Waals surface area contributed by atoms with E-state index in [1.807, 2.05) is 24.3 Å². The van der Waals surface area contributed by atoms with Crippen molar-refractivity contribution in [2.75, 3.05) is 19.0 Å². The van der Waals surface area contributed by atoms with Gasteiger partial charge in [0.15, 0.2) is 0 Å². The molecule has 1 saturated heterocycles. The number of rotatable bonds is 4. The van der Waals surface area contributed by atoms with E-state index in [4.69, 9.17) is 9.26 Å². The summed E-state index contributed by atoms with van der Waals surface area (Å²) in [5.41, 5.74) is 1.17. The van der Waals surface area contributed by atoms with Crippen LogP contribution in [-0.2, 0) is 0 Å². The van der Waals surface area contributed by atoms with Crippen molar-refractivity contribution < 1.29 is 18.4 Å². The lowest BCUT2D eigenvalue weighted by atomic mass is 10.0. The molecule has 0 saturated carbocycles. The average molecular weight is 396 g/mol. The molecule has 8 heteroatoms. The van der Waals surface area contributed by atoms with Crippen LogP contribution in [0.25, 0.3) is 11.4 Å². The average Bonchev–Trinajstić information content (AvgIpc) is 3.24. The SMILES string of the molecule is COc1cccc(-c2noc(C3CCCCN3C(=O)Nc3cccc(F)c3)n2)c1. The molecule has 1 aliphatic heterocycles. The number of hydrogen-bond acceptors (Lipinski definition) is 5. The van der Waals surface area contributed by atoms with Gasteiger partial charge in [0.05, 0.1) is 7.11 Å². The molecule has 0 spiro atoms. The van der Waals surface area contributed by atoms with E-state index in [1.165, 1.54) is 12.1 Å². The van der Waals surface area contributed by atoms with Crippen LogP contribution >= 0.6 is 0 Å². The molecule has 4 rings (SSSR count). The molecule has 0 bridgehead atoms. The van der Waals surface area contributed by atoms with E-state index < -0.39 is 5.82 Å². The van der Waals surface area contributed by atoms with Crippen LogP contribution in [0.3, 0.4) is 0 Å². The second-order valence-corrected chi connectivity index (χ2v) is 6.83. The van der Waals surface area contributed by atoms with Crippen LogP contribution in [0.4, 0.5) is 14.9 Å². The topological polar surface area (TPSA) is 80.5 Å². The first-order valence-corrected chi connectivity index (χ1v) is 9.45. The molecule has 1 unspecified atom stereocenters. The highest BCUT2D eigenvalue weighted by atomic mass is 19.1. The number of benzene rings is 2. The van der Waals surface area contributed by atoms with E-state index in [0.717, 1.165) is 24.8 Å². The van der Waals surface area contributed by atoms with E-state index in [9.17, 15) is 9.18 Å². The summed E-state index contributed by atoms with van der Waals surface area (Å²) in [4.78, 5) is 19.0. The first kappa shape index (κ1) is 18.9. The summed E-state index contributed by atoms with van der Waals surface area (Å²) in [6.45, 7) is 0.558. The van der Waals surface area contributed by atoms with Crippen molar-refractivity contribution in [2.45, 2.75) is 25.3 Å². The number of hydrogen-bond donors (Lipinski definition) is 1. The quantitative estimate of drug-likeness (QED) is 0.695. The lowest BCUT2D eigenvalue weighted by molar-refractivity contribution is 0.142. The number of halogens is 1. The number of ether oxygens (including phenoxy) is 1. The number of urea groups is 1. The molecule has 150 valence electrons. The summed E-state index contributed by atoms with van der Waals surface area (Å²) in [5.74, 6) is 1.12. The summed E-state index contributed by atoms with van der Waals surface area (Å²) in [5, 5.41) is 6.82. The number of amides is 2. The molecule has 1 fully saturated rings. The normalized spacial score (nSPS) is 16.5. The second kappa shape index (κ2) is 8.30. The van der Waals surface area contributed by atoms with Gasteiger partial charge in [-0.15, -0.1) is 0 Å². The zero-order valence-corrected chi connectivity index (χ0v) is 16.0. The summed E-state index contributed by atoms with van der Waals surface area (Å²) in [7, 11) is 1.60. The van der Waals surface area contributed by atoms with E-state index in [2.05, 4.69) is 15.5 Å². The summed E-state index contributed by atoms with van der Waals surface area (Å²) in [6, 6.07) is 12.5. The third-order valence-electron chi connectivity index (χ3n) is 4.89. The summed E-state index contributed by atoms with van der Waals surface area (Å²) >= 11 is 0. The monoisotopic (exact) mass is 396 g/mol. The van der Waals surface area contributed by atoms with Crippen LogP contribution in [0.1, 0.15) is 31.2 Å². The van der Waals surface area contributed by atoms with Gasteiger partial charge in [-0.05, 0) is 49.6 Å². The number of likely N-dealkylation sites (tertiary alicyclic amines) is 1. The maximum absolute atomic E-state index is 13.4. The highest BCUT2D eigenvalue weighted by Crippen LogP contribution is 2.32. The van der Waals surface area contributed by atoms with Gasteiger partial charge in [-0.2, -0.15) is 4.98 Å². The largest absolute Gasteiger partial charge is 0.497 e. The Morgan fingerprint density at radius 3 is 2.93 bits per heavy atom. The van der Waals surface area contributed by atoms with E-state index in [-0.39, 0.29) is 12.1 Å². The Morgan fingerprint density at radius 1 is 1.24 bits per heavy atom. The Kier molecular flexibility index (Phi) is 5.41. The van der Waals surface area contributed by atoms with Crippen LogP contribution in [0.2, 0.25) is 0 Å². The lowest BCUT2D eigenvalue weighted by Crippen LogP contribution is -2.41. The van der Waals surface area contributed by atoms with Crippen LogP contribution in [-0.4, -0.2) is 34.7 Å². The second-order valence-electron chi connectivity index (χ2n) is 6.83. The van der Waals surface area contributed by atoms with E-state index in [0.29, 0.717) is 29.7 Å². The molecule has 2 heterocycles. The minimum Gasteiger partial charge on any atom is -0.497 e. The lowest BCUT2D eigenvalue weighted by Gasteiger charge is -2.33. The van der Waals surface area contributed by atoms with Gasteiger partial charge in [0.1, 0.15) is 17.6 Å². The molecule has 1 N–H and O–H groups in total. The first-order valence-electron chi connectivity index (χ1n) is 9.45. The fraction of sp³-hybridized carbons (Fsp3) is 0.286. The van der Waals surface area contributed by atoms with Crippen molar-refractivity contribution in [2.24, 2.45) is 0 Å². The van der Waals surface area contributed by atoms with Crippen molar-refractivity contribution in [3.8, 4) is 17.1 Å². The highest BCUT2D eigenvalue weighted by molar-refractivity contribution is 5.89. The Labute approximate surface area is 167 Å². The molecular weight excluding hydrogens is 375 g/mol. The third kappa shape index (κ3) is 4.21. The van der Waals surface area contributed by atoms with E-state index in [1.54, 1.807) is 24.1 Å². The van der Waals surface area contributed by atoms with Crippen molar-refractivity contribution in [1.82, 2.24) is 15.0 Å². The van der Waals surface area contributed by atoms with Gasteiger partial charge in [0.2, 0.25) is 11.7 Å². The van der Waals surface area contributed by atoms with Gasteiger partial charge in [0.25, 0.3) is 0 Å². The van der Waals surface area contributed by atoms with Crippen LogP contribution in [0.5, 0.6) is 5.75 Å². The maximum Gasteiger partial charge on any atom is 0.322 e. The molecule has 7 nitrogen and oxygen atoms in total. The van der Waals surface area contributed by atoms with Crippen molar-refractivity contribution in [3.05, 3.63) is 60.2 Å². The summed E-state index contributed by atoms with van der Waals surface area (Å²) in [6.07, 6.45) is 2.55. The van der Waals surface area contributed by atoms with Gasteiger partial charge in [-0.1, -0.05) is 23.4 Å². The van der Waals surface area contributed by atoms with Gasteiger partial charge < -0.3 is 19.5 Å². The van der Waals surface area contributed by atoms with E-state index >= 15 is 0 Å². The van der Waals surface area contributed by atoms with Crippen LogP contribution < -0.4 is 10.1 Å². The number of nitrogens with one attached hydrogen (secondary N) is 1. The van der Waals surface area contributed by atoms with Gasteiger partial charge in [-0.25, -0.2) is 9.18 Å². The predicted octanol–water partition coefficient (Wildman–Crippen LogP) is 4.64. The number of carbonyl (C=O) groups is 1. The fourth-order valence-electron chi connectivity index (χ4n) is 3.44. The molecule has 1 aliphatic rings. The van der Waals surface area contributed by atoms with Gasteiger partial charge in [0, 0.05) is 17.8 Å². The van der Waals surface area contributed by atoms with Crippen molar-refractivity contribution in [3.63, 3.8) is 0 Å². The number of carbonyl (C=O) groups excluding carboxylic acids is 1. The highest BCUT2D eigenvalue weighted by Gasteiger charge is 2.32. The number of anilines is 1. The molecular formula is C21H21FN4O3. The van der Waals surface area contributed by atoms with Gasteiger partial charge in [-0.3, -0.25) is 0 Å². The fourth-order valence-corrected chi connectivity index (χ4v) is 3.44. The Bertz CT molecular complexity index is 1010. The molecule has 3 aromatic rings. The molecule has 1 aromatic heterocycles. The molecule has 0 radical (unpaired) electrons. The molecule has 0 aliphatic carbocycles. The first-order chi connectivity index (χ1) is 14.1. The van der Waals surface area contributed by atoms with Crippen molar-refractivity contribution >= 4 is 11.7 Å². The van der Waals surface area contributed by atoms with Crippen LogP contribution in [0, 0.1) is 5.82 Å². The minimum atomic E-state index is -0.405. The van der Waals surface area contributed by atoms with Gasteiger partial charge >= 0.3 is 6.03 Å². The summed E-state index contributed by atoms with van der Waals surface area (Å²) < 4.78 is 24.1. The Balaban J connectivity index is 1.54. The smallest absolute Gasteiger partial charge is 0.322 e. The Morgan fingerprint density at radius 2 is 2.10 bits per heavy atom. The standard InChI is InChI=1S/C21H21FN4O3/c1-28-17-9-4-6-14(12-17)19-24-20(29-25-19)18-10-2-3-11-26(18)21(27)23-16-8-5-7-15(22)13-16/h4-9,12-13,18H,2-3,10-11H2,1H3,(H,23,27).